The van der Waals surface area contributed by atoms with Gasteiger partial charge in [0.2, 0.25) is 0 Å². The fraction of sp³-hybridized carbons (Fsp3) is 0.368. The van der Waals surface area contributed by atoms with Gasteiger partial charge in [0.1, 0.15) is 17.3 Å². The molecule has 8 nitrogen and oxygen atoms in total. The first-order valence-electron chi connectivity index (χ1n) is 9.26. The maximum atomic E-state index is 12.9. The Hall–Kier alpha value is -3.16. The summed E-state index contributed by atoms with van der Waals surface area (Å²) in [6.45, 7) is 1.85. The third kappa shape index (κ3) is 2.97. The summed E-state index contributed by atoms with van der Waals surface area (Å²) in [7, 11) is 0. The summed E-state index contributed by atoms with van der Waals surface area (Å²) in [4.78, 5) is 19.3. The molecule has 0 radical (unpaired) electrons. The van der Waals surface area contributed by atoms with E-state index in [1.54, 1.807) is 29.2 Å². The standard InChI is InChI=1S/C19H20N6O2/c26-16-4-2-1-3-13(16)14-11-15(22-21-14)19(27)24-8-7-17-20-18(12-5-6-12)23-25(17)10-9-24/h1-4,11-12,26H,5-10H2,(H,21,22). The second kappa shape index (κ2) is 6.22. The number of aromatic amines is 1. The number of amides is 1. The molecule has 0 saturated heterocycles. The predicted molar refractivity (Wildman–Crippen MR) is 97.3 cm³/mol. The zero-order chi connectivity index (χ0) is 18.4. The number of H-pyrrole nitrogens is 1. The number of carbonyl (C=O) groups is 1. The van der Waals surface area contributed by atoms with Crippen molar-refractivity contribution in [2.45, 2.75) is 31.7 Å². The highest BCUT2D eigenvalue weighted by Gasteiger charge is 2.30. The lowest BCUT2D eigenvalue weighted by atomic mass is 10.1. The largest absolute Gasteiger partial charge is 0.507 e. The van der Waals surface area contributed by atoms with Gasteiger partial charge in [-0.25, -0.2) is 9.67 Å². The van der Waals surface area contributed by atoms with E-state index in [-0.39, 0.29) is 11.7 Å². The first kappa shape index (κ1) is 16.0. The maximum Gasteiger partial charge on any atom is 0.271 e. The van der Waals surface area contributed by atoms with Crippen molar-refractivity contribution in [2.75, 3.05) is 13.1 Å². The van der Waals surface area contributed by atoms with Gasteiger partial charge >= 0.3 is 0 Å². The van der Waals surface area contributed by atoms with Gasteiger partial charge in [0.15, 0.2) is 5.82 Å². The van der Waals surface area contributed by atoms with Crippen molar-refractivity contribution in [2.24, 2.45) is 0 Å². The molecular formula is C19H20N6O2. The molecule has 0 spiro atoms. The van der Waals surface area contributed by atoms with E-state index in [9.17, 15) is 9.90 Å². The van der Waals surface area contributed by atoms with Crippen LogP contribution in [0.1, 0.15) is 40.9 Å². The Morgan fingerprint density at radius 1 is 1.19 bits per heavy atom. The van der Waals surface area contributed by atoms with Crippen LogP contribution in [-0.2, 0) is 13.0 Å². The Morgan fingerprint density at radius 2 is 2.04 bits per heavy atom. The number of rotatable bonds is 3. The smallest absolute Gasteiger partial charge is 0.271 e. The molecule has 5 rings (SSSR count). The van der Waals surface area contributed by atoms with Crippen molar-refractivity contribution >= 4 is 5.91 Å². The number of benzene rings is 1. The molecule has 1 aromatic carbocycles. The fourth-order valence-corrected chi connectivity index (χ4v) is 3.47. The summed E-state index contributed by atoms with van der Waals surface area (Å²) in [5.74, 6) is 2.51. The molecule has 27 heavy (non-hydrogen) atoms. The van der Waals surface area contributed by atoms with Gasteiger partial charge in [-0.1, -0.05) is 12.1 Å². The van der Waals surface area contributed by atoms with Crippen LogP contribution in [0.4, 0.5) is 0 Å². The van der Waals surface area contributed by atoms with Crippen molar-refractivity contribution in [3.63, 3.8) is 0 Å². The average Bonchev–Trinajstić information content (AvgIpc) is 3.33. The maximum absolute atomic E-state index is 12.9. The molecule has 8 heteroatoms. The normalized spacial score (nSPS) is 16.8. The van der Waals surface area contributed by atoms with Crippen molar-refractivity contribution in [1.82, 2.24) is 29.9 Å². The number of phenolic OH excluding ortho intramolecular Hbond substituents is 1. The van der Waals surface area contributed by atoms with Gasteiger partial charge < -0.3 is 10.0 Å². The van der Waals surface area contributed by atoms with Gasteiger partial charge in [0.05, 0.1) is 12.2 Å². The van der Waals surface area contributed by atoms with Crippen molar-refractivity contribution < 1.29 is 9.90 Å². The van der Waals surface area contributed by atoms with Crippen LogP contribution in [0.5, 0.6) is 5.75 Å². The molecule has 0 atom stereocenters. The molecule has 1 amide bonds. The molecule has 2 N–H and O–H groups in total. The minimum atomic E-state index is -0.0997. The molecule has 3 heterocycles. The Morgan fingerprint density at radius 3 is 2.85 bits per heavy atom. The molecule has 1 aliphatic carbocycles. The number of carbonyl (C=O) groups excluding carboxylic acids is 1. The Balaban J connectivity index is 1.31. The monoisotopic (exact) mass is 364 g/mol. The van der Waals surface area contributed by atoms with Crippen molar-refractivity contribution in [3.05, 3.63) is 47.7 Å². The van der Waals surface area contributed by atoms with E-state index in [0.29, 0.717) is 48.9 Å². The van der Waals surface area contributed by atoms with Gasteiger partial charge in [-0.15, -0.1) is 0 Å². The molecule has 3 aromatic rings. The second-order valence-corrected chi connectivity index (χ2v) is 7.11. The predicted octanol–water partition coefficient (Wildman–Crippen LogP) is 1.95. The van der Waals surface area contributed by atoms with Crippen LogP contribution in [0.3, 0.4) is 0 Å². The van der Waals surface area contributed by atoms with E-state index >= 15 is 0 Å². The van der Waals surface area contributed by atoms with Crippen molar-refractivity contribution in [3.8, 4) is 17.0 Å². The van der Waals surface area contributed by atoms with Gasteiger partial charge in [-0.05, 0) is 31.0 Å². The molecule has 1 saturated carbocycles. The Bertz CT molecular complexity index is 978. The van der Waals surface area contributed by atoms with E-state index < -0.39 is 0 Å². The van der Waals surface area contributed by atoms with Crippen LogP contribution in [0.25, 0.3) is 11.3 Å². The molecule has 1 fully saturated rings. The van der Waals surface area contributed by atoms with Crippen LogP contribution in [0, 0.1) is 0 Å². The summed E-state index contributed by atoms with van der Waals surface area (Å²) < 4.78 is 1.95. The van der Waals surface area contributed by atoms with Gasteiger partial charge in [-0.2, -0.15) is 10.2 Å². The molecule has 2 aromatic heterocycles. The SMILES string of the molecule is O=C(c1cc(-c2ccccc2O)n[nH]1)N1CCc2nc(C3CC3)nn2CC1. The van der Waals surface area contributed by atoms with Crippen molar-refractivity contribution in [1.29, 1.82) is 0 Å². The summed E-state index contributed by atoms with van der Waals surface area (Å²) >= 11 is 0. The van der Waals surface area contributed by atoms with Crippen LogP contribution in [-0.4, -0.2) is 54.0 Å². The number of nitrogens with zero attached hydrogens (tertiary/aromatic N) is 5. The average molecular weight is 364 g/mol. The van der Waals surface area contributed by atoms with E-state index in [1.807, 2.05) is 10.7 Å². The highest BCUT2D eigenvalue weighted by molar-refractivity contribution is 5.93. The highest BCUT2D eigenvalue weighted by atomic mass is 16.3. The number of phenols is 1. The van der Waals surface area contributed by atoms with Gasteiger partial charge in [0.25, 0.3) is 5.91 Å². The van der Waals surface area contributed by atoms with Crippen LogP contribution < -0.4 is 0 Å². The summed E-state index contributed by atoms with van der Waals surface area (Å²) in [6, 6.07) is 8.63. The summed E-state index contributed by atoms with van der Waals surface area (Å²) in [5.41, 5.74) is 1.56. The number of fused-ring (bicyclic) bond motifs is 1. The van der Waals surface area contributed by atoms with Gasteiger partial charge in [-0.3, -0.25) is 9.89 Å². The third-order valence-corrected chi connectivity index (χ3v) is 5.17. The summed E-state index contributed by atoms with van der Waals surface area (Å²) in [5, 5.41) is 21.6. The highest BCUT2D eigenvalue weighted by Crippen LogP contribution is 2.38. The van der Waals surface area contributed by atoms with Crippen LogP contribution >= 0.6 is 0 Å². The Kier molecular flexibility index (Phi) is 3.70. The molecule has 2 aliphatic rings. The second-order valence-electron chi connectivity index (χ2n) is 7.11. The fourth-order valence-electron chi connectivity index (χ4n) is 3.47. The van der Waals surface area contributed by atoms with E-state index in [2.05, 4.69) is 20.3 Å². The van der Waals surface area contributed by atoms with E-state index in [0.717, 1.165) is 11.6 Å². The lowest BCUT2D eigenvalue weighted by Gasteiger charge is -2.18. The topological polar surface area (TPSA) is 99.9 Å². The zero-order valence-electron chi connectivity index (χ0n) is 14.8. The number of hydrogen-bond acceptors (Lipinski definition) is 5. The number of aromatic nitrogens is 5. The zero-order valence-corrected chi connectivity index (χ0v) is 14.8. The third-order valence-electron chi connectivity index (χ3n) is 5.17. The number of para-hydroxylation sites is 1. The lowest BCUT2D eigenvalue weighted by Crippen LogP contribution is -2.34. The summed E-state index contributed by atoms with van der Waals surface area (Å²) in [6.07, 6.45) is 3.08. The molecule has 0 bridgehead atoms. The van der Waals surface area contributed by atoms with Crippen LogP contribution in [0.15, 0.2) is 30.3 Å². The van der Waals surface area contributed by atoms with E-state index in [4.69, 9.17) is 0 Å². The van der Waals surface area contributed by atoms with Crippen LogP contribution in [0.2, 0.25) is 0 Å². The molecule has 138 valence electrons. The molecule has 0 unspecified atom stereocenters. The number of aromatic hydroxyl groups is 1. The Labute approximate surface area is 155 Å². The number of hydrogen-bond donors (Lipinski definition) is 2. The molecule has 1 aliphatic heterocycles. The quantitative estimate of drug-likeness (QED) is 0.740. The lowest BCUT2D eigenvalue weighted by molar-refractivity contribution is 0.0752. The minimum absolute atomic E-state index is 0.0997. The van der Waals surface area contributed by atoms with E-state index in [1.165, 1.54) is 12.8 Å². The van der Waals surface area contributed by atoms with Gasteiger partial charge in [0, 0.05) is 31.0 Å². The minimum Gasteiger partial charge on any atom is -0.507 e. The first-order chi connectivity index (χ1) is 13.2. The molecular weight excluding hydrogens is 344 g/mol. The first-order valence-corrected chi connectivity index (χ1v) is 9.26. The number of nitrogens with one attached hydrogen (secondary N) is 1.